The number of thioether (sulfide) groups is 1. The van der Waals surface area contributed by atoms with Crippen molar-refractivity contribution in [3.05, 3.63) is 59.4 Å². The van der Waals surface area contributed by atoms with Crippen molar-refractivity contribution in [2.45, 2.75) is 12.2 Å². The number of rotatable bonds is 9. The van der Waals surface area contributed by atoms with Gasteiger partial charge in [0, 0.05) is 12.3 Å². The van der Waals surface area contributed by atoms with Gasteiger partial charge in [0.15, 0.2) is 11.6 Å². The van der Waals surface area contributed by atoms with E-state index in [2.05, 4.69) is 5.32 Å². The molecule has 0 saturated heterocycles. The summed E-state index contributed by atoms with van der Waals surface area (Å²) >= 11 is 1.45. The van der Waals surface area contributed by atoms with Crippen LogP contribution in [0.25, 0.3) is 0 Å². The third kappa shape index (κ3) is 5.98. The summed E-state index contributed by atoms with van der Waals surface area (Å²) in [5.41, 5.74) is 1.89. The summed E-state index contributed by atoms with van der Waals surface area (Å²) in [7, 11) is 3.07. The fraction of sp³-hybridized carbons (Fsp3) is 0.316. The van der Waals surface area contributed by atoms with Crippen LogP contribution in [0.5, 0.6) is 11.5 Å². The normalized spacial score (nSPS) is 10.4. The van der Waals surface area contributed by atoms with Crippen LogP contribution in [-0.4, -0.2) is 32.4 Å². The Labute approximate surface area is 151 Å². The molecule has 25 heavy (non-hydrogen) atoms. The average Bonchev–Trinajstić information content (AvgIpc) is 2.62. The molecule has 4 nitrogen and oxygen atoms in total. The molecule has 0 atom stereocenters. The second-order valence-corrected chi connectivity index (χ2v) is 6.36. The summed E-state index contributed by atoms with van der Waals surface area (Å²) in [5.74, 6) is 1.53. The van der Waals surface area contributed by atoms with Crippen molar-refractivity contribution >= 4 is 17.7 Å². The van der Waals surface area contributed by atoms with E-state index in [1.807, 2.05) is 24.3 Å². The molecule has 0 heterocycles. The van der Waals surface area contributed by atoms with Crippen molar-refractivity contribution in [3.8, 4) is 11.5 Å². The summed E-state index contributed by atoms with van der Waals surface area (Å²) in [5, 5.41) is 2.89. The van der Waals surface area contributed by atoms with Crippen LogP contribution in [0.4, 0.5) is 4.39 Å². The lowest BCUT2D eigenvalue weighted by atomic mass is 10.1. The summed E-state index contributed by atoms with van der Waals surface area (Å²) < 4.78 is 23.8. The fourth-order valence-corrected chi connectivity index (χ4v) is 3.16. The molecule has 0 radical (unpaired) electrons. The minimum Gasteiger partial charge on any atom is -0.496 e. The summed E-state index contributed by atoms with van der Waals surface area (Å²) in [6, 6.07) is 12.6. The molecule has 0 aliphatic rings. The van der Waals surface area contributed by atoms with Gasteiger partial charge in [-0.3, -0.25) is 4.79 Å². The first kappa shape index (κ1) is 19.1. The number of amides is 1. The van der Waals surface area contributed by atoms with Gasteiger partial charge in [0.05, 0.1) is 20.0 Å². The number of hydrogen-bond acceptors (Lipinski definition) is 4. The van der Waals surface area contributed by atoms with Gasteiger partial charge in [-0.25, -0.2) is 4.39 Å². The van der Waals surface area contributed by atoms with E-state index in [1.54, 1.807) is 19.2 Å². The van der Waals surface area contributed by atoms with Gasteiger partial charge in [-0.05, 0) is 35.7 Å². The maximum absolute atomic E-state index is 13.6. The molecule has 2 aromatic rings. The number of methoxy groups -OCH3 is 2. The fourth-order valence-electron chi connectivity index (χ4n) is 2.36. The van der Waals surface area contributed by atoms with Crippen LogP contribution in [0.15, 0.2) is 42.5 Å². The molecule has 2 aromatic carbocycles. The number of ether oxygens (including phenoxy) is 2. The molecule has 0 aliphatic heterocycles. The Morgan fingerprint density at radius 1 is 1.12 bits per heavy atom. The highest BCUT2D eigenvalue weighted by Gasteiger charge is 2.06. The zero-order valence-electron chi connectivity index (χ0n) is 14.4. The van der Waals surface area contributed by atoms with Crippen molar-refractivity contribution in [2.75, 3.05) is 26.5 Å². The number of benzene rings is 2. The molecule has 0 fully saturated rings. The molecule has 1 N–H and O–H groups in total. The van der Waals surface area contributed by atoms with E-state index in [4.69, 9.17) is 9.47 Å². The molecular formula is C19H22FNO3S. The number of para-hydroxylation sites is 1. The number of halogens is 1. The lowest BCUT2D eigenvalue weighted by molar-refractivity contribution is -0.118. The van der Waals surface area contributed by atoms with Gasteiger partial charge in [0.2, 0.25) is 5.91 Å². The maximum Gasteiger partial charge on any atom is 0.230 e. The molecule has 134 valence electrons. The van der Waals surface area contributed by atoms with Gasteiger partial charge >= 0.3 is 0 Å². The lowest BCUT2D eigenvalue weighted by Crippen LogP contribution is -2.27. The molecule has 6 heteroatoms. The summed E-state index contributed by atoms with van der Waals surface area (Å²) in [4.78, 5) is 11.9. The molecule has 0 saturated carbocycles. The minimum absolute atomic E-state index is 0.0334. The Bertz CT molecular complexity index is 709. The highest BCUT2D eigenvalue weighted by atomic mass is 32.2. The van der Waals surface area contributed by atoms with E-state index in [1.165, 1.54) is 24.9 Å². The van der Waals surface area contributed by atoms with Gasteiger partial charge in [-0.1, -0.05) is 24.3 Å². The summed E-state index contributed by atoms with van der Waals surface area (Å²) in [6.45, 7) is 0.553. The van der Waals surface area contributed by atoms with Crippen molar-refractivity contribution in [3.63, 3.8) is 0 Å². The zero-order chi connectivity index (χ0) is 18.1. The molecule has 0 unspecified atom stereocenters. The predicted molar refractivity (Wildman–Crippen MR) is 98.8 cm³/mol. The van der Waals surface area contributed by atoms with Crippen molar-refractivity contribution in [1.29, 1.82) is 0 Å². The smallest absolute Gasteiger partial charge is 0.230 e. The molecule has 0 spiro atoms. The van der Waals surface area contributed by atoms with Gasteiger partial charge in [0.1, 0.15) is 5.75 Å². The second-order valence-electron chi connectivity index (χ2n) is 5.37. The highest BCUT2D eigenvalue weighted by molar-refractivity contribution is 7.99. The third-order valence-electron chi connectivity index (χ3n) is 3.63. The molecule has 0 aliphatic carbocycles. The van der Waals surface area contributed by atoms with Gasteiger partial charge in [0.25, 0.3) is 0 Å². The molecule has 2 rings (SSSR count). The van der Waals surface area contributed by atoms with Crippen LogP contribution in [-0.2, 0) is 17.0 Å². The third-order valence-corrected chi connectivity index (χ3v) is 4.63. The van der Waals surface area contributed by atoms with Gasteiger partial charge in [-0.15, -0.1) is 11.8 Å². The molecular weight excluding hydrogens is 341 g/mol. The Morgan fingerprint density at radius 2 is 1.88 bits per heavy atom. The lowest BCUT2D eigenvalue weighted by Gasteiger charge is -2.09. The number of carbonyl (C=O) groups is 1. The first-order valence-electron chi connectivity index (χ1n) is 7.92. The van der Waals surface area contributed by atoms with E-state index in [0.29, 0.717) is 24.5 Å². The van der Waals surface area contributed by atoms with Crippen LogP contribution >= 0.6 is 11.8 Å². The standard InChI is InChI=1S/C19H22FNO3S/c1-23-17-6-4-3-5-15(17)9-10-21-19(22)13-25-12-14-7-8-18(24-2)16(20)11-14/h3-8,11H,9-10,12-13H2,1-2H3,(H,21,22). The Hall–Kier alpha value is -2.21. The molecule has 0 bridgehead atoms. The minimum atomic E-state index is -0.387. The maximum atomic E-state index is 13.6. The first-order chi connectivity index (χ1) is 12.1. The first-order valence-corrected chi connectivity index (χ1v) is 9.08. The van der Waals surface area contributed by atoms with Crippen molar-refractivity contribution in [2.24, 2.45) is 0 Å². The zero-order valence-corrected chi connectivity index (χ0v) is 15.2. The SMILES string of the molecule is COc1ccc(CSCC(=O)NCCc2ccccc2OC)cc1F. The highest BCUT2D eigenvalue weighted by Crippen LogP contribution is 2.21. The molecule has 0 aromatic heterocycles. The number of hydrogen-bond donors (Lipinski definition) is 1. The number of carbonyl (C=O) groups excluding carboxylic acids is 1. The van der Waals surface area contributed by atoms with Crippen LogP contribution in [0, 0.1) is 5.82 Å². The van der Waals surface area contributed by atoms with E-state index in [-0.39, 0.29) is 17.5 Å². The van der Waals surface area contributed by atoms with Crippen LogP contribution in [0.2, 0.25) is 0 Å². The quantitative estimate of drug-likeness (QED) is 0.741. The van der Waals surface area contributed by atoms with E-state index in [0.717, 1.165) is 16.9 Å². The van der Waals surface area contributed by atoms with Crippen molar-refractivity contribution < 1.29 is 18.7 Å². The van der Waals surface area contributed by atoms with Crippen LogP contribution < -0.4 is 14.8 Å². The monoisotopic (exact) mass is 363 g/mol. The Morgan fingerprint density at radius 3 is 2.60 bits per heavy atom. The van der Waals surface area contributed by atoms with Gasteiger partial charge in [-0.2, -0.15) is 0 Å². The van der Waals surface area contributed by atoms with E-state index < -0.39 is 0 Å². The largest absolute Gasteiger partial charge is 0.496 e. The molecule has 1 amide bonds. The topological polar surface area (TPSA) is 47.6 Å². The predicted octanol–water partition coefficient (Wildman–Crippen LogP) is 3.44. The van der Waals surface area contributed by atoms with E-state index >= 15 is 0 Å². The van der Waals surface area contributed by atoms with Gasteiger partial charge < -0.3 is 14.8 Å². The van der Waals surface area contributed by atoms with Crippen LogP contribution in [0.3, 0.4) is 0 Å². The van der Waals surface area contributed by atoms with E-state index in [9.17, 15) is 9.18 Å². The summed E-state index contributed by atoms with van der Waals surface area (Å²) in [6.07, 6.45) is 0.712. The van der Waals surface area contributed by atoms with Crippen molar-refractivity contribution in [1.82, 2.24) is 5.32 Å². The Balaban J connectivity index is 1.69. The second kappa shape index (κ2) is 9.93. The average molecular weight is 363 g/mol. The number of nitrogens with one attached hydrogen (secondary N) is 1. The van der Waals surface area contributed by atoms with Crippen LogP contribution in [0.1, 0.15) is 11.1 Å². The Kier molecular flexibility index (Phi) is 7.60.